The molecular weight excluding hydrogens is 238 g/mol. The molecule has 1 fully saturated rings. The molecule has 3 rings (SSSR count). The summed E-state index contributed by atoms with van der Waals surface area (Å²) in [5.41, 5.74) is 0.858. The van der Waals surface area contributed by atoms with E-state index < -0.39 is 0 Å². The van der Waals surface area contributed by atoms with Gasteiger partial charge in [-0.3, -0.25) is 9.78 Å². The largest absolute Gasteiger partial charge is 0.325 e. The first kappa shape index (κ1) is 12.1. The van der Waals surface area contributed by atoms with Crippen LogP contribution in [0.3, 0.4) is 0 Å². The van der Waals surface area contributed by atoms with E-state index in [-0.39, 0.29) is 5.91 Å². The summed E-state index contributed by atoms with van der Waals surface area (Å²) in [6, 6.07) is 8.42. The standard InChI is InChI=1S/C15H17N3O/c19-15(7-9-17-12-4-5-12)18-14-3-1-2-11-10-16-8-6-13(11)14/h1-3,6,8,10,12,17H,4-5,7,9H2,(H,18,19). The monoisotopic (exact) mass is 255 g/mol. The molecule has 0 radical (unpaired) electrons. The van der Waals surface area contributed by atoms with Crippen molar-refractivity contribution < 1.29 is 4.79 Å². The molecule has 0 aliphatic heterocycles. The zero-order chi connectivity index (χ0) is 13.1. The summed E-state index contributed by atoms with van der Waals surface area (Å²) in [6.07, 6.45) is 6.56. The Morgan fingerprint density at radius 1 is 1.32 bits per heavy atom. The summed E-state index contributed by atoms with van der Waals surface area (Å²) in [7, 11) is 0. The van der Waals surface area contributed by atoms with Crippen LogP contribution in [0.1, 0.15) is 19.3 Å². The Hall–Kier alpha value is -1.94. The van der Waals surface area contributed by atoms with Crippen LogP contribution in [-0.2, 0) is 4.79 Å². The fourth-order valence-corrected chi connectivity index (χ4v) is 2.12. The summed E-state index contributed by atoms with van der Waals surface area (Å²) in [4.78, 5) is 16.0. The average molecular weight is 255 g/mol. The number of hydrogen-bond acceptors (Lipinski definition) is 3. The van der Waals surface area contributed by atoms with Gasteiger partial charge in [0.25, 0.3) is 0 Å². The SMILES string of the molecule is O=C(CCNC1CC1)Nc1cccc2cnccc12. The molecule has 1 aromatic heterocycles. The lowest BCUT2D eigenvalue weighted by molar-refractivity contribution is -0.116. The Morgan fingerprint density at radius 2 is 2.21 bits per heavy atom. The lowest BCUT2D eigenvalue weighted by Gasteiger charge is -2.08. The van der Waals surface area contributed by atoms with E-state index in [1.54, 1.807) is 12.4 Å². The van der Waals surface area contributed by atoms with Crippen molar-refractivity contribution in [2.75, 3.05) is 11.9 Å². The number of fused-ring (bicyclic) bond motifs is 1. The minimum absolute atomic E-state index is 0.0532. The minimum Gasteiger partial charge on any atom is -0.325 e. The fraction of sp³-hybridized carbons (Fsp3) is 0.333. The van der Waals surface area contributed by atoms with Crippen molar-refractivity contribution in [3.05, 3.63) is 36.7 Å². The predicted octanol–water partition coefficient (Wildman–Crippen LogP) is 2.32. The number of rotatable bonds is 5. The van der Waals surface area contributed by atoms with Gasteiger partial charge in [-0.15, -0.1) is 0 Å². The molecule has 1 aliphatic carbocycles. The van der Waals surface area contributed by atoms with Gasteiger partial charge in [0.15, 0.2) is 0 Å². The molecule has 1 saturated carbocycles. The van der Waals surface area contributed by atoms with Crippen LogP contribution in [0.4, 0.5) is 5.69 Å². The molecule has 0 bridgehead atoms. The van der Waals surface area contributed by atoms with Crippen molar-refractivity contribution in [3.8, 4) is 0 Å². The zero-order valence-corrected chi connectivity index (χ0v) is 10.7. The van der Waals surface area contributed by atoms with Crippen molar-refractivity contribution >= 4 is 22.4 Å². The molecule has 1 heterocycles. The van der Waals surface area contributed by atoms with Crippen molar-refractivity contribution in [1.29, 1.82) is 0 Å². The van der Waals surface area contributed by atoms with Gasteiger partial charge < -0.3 is 10.6 Å². The van der Waals surface area contributed by atoms with Gasteiger partial charge in [-0.1, -0.05) is 12.1 Å². The number of aromatic nitrogens is 1. The fourth-order valence-electron chi connectivity index (χ4n) is 2.12. The molecule has 1 amide bonds. The highest BCUT2D eigenvalue weighted by molar-refractivity contribution is 6.01. The maximum Gasteiger partial charge on any atom is 0.225 e. The number of nitrogens with one attached hydrogen (secondary N) is 2. The Morgan fingerprint density at radius 3 is 3.05 bits per heavy atom. The zero-order valence-electron chi connectivity index (χ0n) is 10.7. The van der Waals surface area contributed by atoms with Crippen molar-refractivity contribution in [3.63, 3.8) is 0 Å². The maximum atomic E-state index is 11.9. The lowest BCUT2D eigenvalue weighted by atomic mass is 10.1. The van der Waals surface area contributed by atoms with E-state index in [0.29, 0.717) is 12.5 Å². The first-order valence-electron chi connectivity index (χ1n) is 6.69. The lowest BCUT2D eigenvalue weighted by Crippen LogP contribution is -2.23. The van der Waals surface area contributed by atoms with Crippen LogP contribution in [0.5, 0.6) is 0 Å². The van der Waals surface area contributed by atoms with E-state index in [2.05, 4.69) is 15.6 Å². The number of carbonyl (C=O) groups is 1. The molecule has 98 valence electrons. The Labute approximate surface area is 112 Å². The first-order chi connectivity index (χ1) is 9.33. The van der Waals surface area contributed by atoms with Crippen LogP contribution < -0.4 is 10.6 Å². The third-order valence-electron chi connectivity index (χ3n) is 3.32. The summed E-state index contributed by atoms with van der Waals surface area (Å²) >= 11 is 0. The van der Waals surface area contributed by atoms with E-state index in [9.17, 15) is 4.79 Å². The van der Waals surface area contributed by atoms with Crippen LogP contribution in [0.2, 0.25) is 0 Å². The van der Waals surface area contributed by atoms with Crippen molar-refractivity contribution in [2.45, 2.75) is 25.3 Å². The third-order valence-corrected chi connectivity index (χ3v) is 3.32. The summed E-state index contributed by atoms with van der Waals surface area (Å²) in [6.45, 7) is 0.753. The molecule has 4 nitrogen and oxygen atoms in total. The number of anilines is 1. The van der Waals surface area contributed by atoms with Crippen LogP contribution in [-0.4, -0.2) is 23.5 Å². The number of carbonyl (C=O) groups excluding carboxylic acids is 1. The highest BCUT2D eigenvalue weighted by Gasteiger charge is 2.20. The molecule has 19 heavy (non-hydrogen) atoms. The first-order valence-corrected chi connectivity index (χ1v) is 6.69. The molecule has 0 saturated heterocycles. The normalized spacial score (nSPS) is 14.5. The molecule has 1 aliphatic rings. The Bertz CT molecular complexity index is 587. The predicted molar refractivity (Wildman–Crippen MR) is 76.0 cm³/mol. The van der Waals surface area contributed by atoms with Crippen LogP contribution in [0, 0.1) is 0 Å². The highest BCUT2D eigenvalue weighted by atomic mass is 16.1. The number of amides is 1. The van der Waals surface area contributed by atoms with Crippen molar-refractivity contribution in [1.82, 2.24) is 10.3 Å². The molecule has 0 atom stereocenters. The Balaban J connectivity index is 1.64. The maximum absolute atomic E-state index is 11.9. The van der Waals surface area contributed by atoms with Crippen LogP contribution >= 0.6 is 0 Å². The van der Waals surface area contributed by atoms with E-state index in [4.69, 9.17) is 0 Å². The summed E-state index contributed by atoms with van der Waals surface area (Å²) in [5.74, 6) is 0.0532. The number of pyridine rings is 1. The average Bonchev–Trinajstić information content (AvgIpc) is 3.23. The second-order valence-corrected chi connectivity index (χ2v) is 4.93. The number of nitrogens with zero attached hydrogens (tertiary/aromatic N) is 1. The molecule has 2 N–H and O–H groups in total. The van der Waals surface area contributed by atoms with Gasteiger partial charge in [0, 0.05) is 47.9 Å². The van der Waals surface area contributed by atoms with Gasteiger partial charge in [-0.05, 0) is 25.0 Å². The van der Waals surface area contributed by atoms with E-state index in [1.807, 2.05) is 24.3 Å². The molecular formula is C15H17N3O. The third kappa shape index (κ3) is 3.09. The van der Waals surface area contributed by atoms with Gasteiger partial charge >= 0.3 is 0 Å². The quantitative estimate of drug-likeness (QED) is 0.862. The second-order valence-electron chi connectivity index (χ2n) is 4.93. The van der Waals surface area contributed by atoms with Gasteiger partial charge in [0.1, 0.15) is 0 Å². The van der Waals surface area contributed by atoms with Crippen molar-refractivity contribution in [2.24, 2.45) is 0 Å². The van der Waals surface area contributed by atoms with E-state index >= 15 is 0 Å². The van der Waals surface area contributed by atoms with Gasteiger partial charge in [-0.25, -0.2) is 0 Å². The topological polar surface area (TPSA) is 54.0 Å². The molecule has 2 aromatic rings. The van der Waals surface area contributed by atoms with Crippen LogP contribution in [0.15, 0.2) is 36.7 Å². The highest BCUT2D eigenvalue weighted by Crippen LogP contribution is 2.22. The summed E-state index contributed by atoms with van der Waals surface area (Å²) in [5, 5.41) is 8.38. The molecule has 0 unspecified atom stereocenters. The molecule has 0 spiro atoms. The molecule has 1 aromatic carbocycles. The number of benzene rings is 1. The summed E-state index contributed by atoms with van der Waals surface area (Å²) < 4.78 is 0. The van der Waals surface area contributed by atoms with Gasteiger partial charge in [0.2, 0.25) is 5.91 Å². The number of hydrogen-bond donors (Lipinski definition) is 2. The smallest absolute Gasteiger partial charge is 0.225 e. The molecule has 4 heteroatoms. The Kier molecular flexibility index (Phi) is 3.42. The van der Waals surface area contributed by atoms with E-state index in [1.165, 1.54) is 12.8 Å². The second kappa shape index (κ2) is 5.36. The minimum atomic E-state index is 0.0532. The van der Waals surface area contributed by atoms with Gasteiger partial charge in [0.05, 0.1) is 0 Å². The van der Waals surface area contributed by atoms with E-state index in [0.717, 1.165) is 23.0 Å². The van der Waals surface area contributed by atoms with Gasteiger partial charge in [-0.2, -0.15) is 0 Å². The van der Waals surface area contributed by atoms with Crippen LogP contribution in [0.25, 0.3) is 10.8 Å².